The molecule has 0 heterocycles. The lowest BCUT2D eigenvalue weighted by Crippen LogP contribution is -2.62. The summed E-state index contributed by atoms with van der Waals surface area (Å²) in [4.78, 5) is 29.4. The Morgan fingerprint density at radius 2 is 0.709 bits per heavy atom. The van der Waals surface area contributed by atoms with Crippen molar-refractivity contribution in [2.45, 2.75) is 77.7 Å². The van der Waals surface area contributed by atoms with Crippen molar-refractivity contribution in [2.24, 2.45) is 16.2 Å². The fourth-order valence-corrected chi connectivity index (χ4v) is 7.50. The average molecular weight is 753 g/mol. The molecule has 1 saturated carbocycles. The molecule has 2 amide bonds. The van der Waals surface area contributed by atoms with E-state index in [1.54, 1.807) is 126 Å². The second kappa shape index (κ2) is 15.6. The maximum Gasteiger partial charge on any atom is 0.236 e. The first kappa shape index (κ1) is 41.1. The van der Waals surface area contributed by atoms with Gasteiger partial charge < -0.3 is 39.8 Å². The van der Waals surface area contributed by atoms with Gasteiger partial charge in [0.2, 0.25) is 11.8 Å². The van der Waals surface area contributed by atoms with Crippen LogP contribution in [0.2, 0.25) is 0 Å². The number of aliphatic hydroxyl groups is 2. The first-order valence-electron chi connectivity index (χ1n) is 18.5. The molecule has 0 radical (unpaired) electrons. The molecule has 1 aliphatic carbocycles. The summed E-state index contributed by atoms with van der Waals surface area (Å²) in [7, 11) is 6.29. The van der Waals surface area contributed by atoms with Crippen molar-refractivity contribution in [3.63, 3.8) is 0 Å². The minimum absolute atomic E-state index is 0.297. The molecular weight excluding hydrogens is 697 g/mol. The van der Waals surface area contributed by atoms with Gasteiger partial charge in [-0.3, -0.25) is 9.59 Å². The van der Waals surface area contributed by atoms with E-state index < -0.39 is 51.3 Å². The monoisotopic (exact) mass is 752 g/mol. The number of carbonyl (C=O) groups excluding carboxylic acids is 2. The van der Waals surface area contributed by atoms with E-state index in [0.717, 1.165) is 0 Å². The third-order valence-electron chi connectivity index (χ3n) is 10.9. The molecule has 4 aromatic carbocycles. The maximum atomic E-state index is 14.7. The molecule has 0 saturated heterocycles. The smallest absolute Gasteiger partial charge is 0.236 e. The van der Waals surface area contributed by atoms with Gasteiger partial charge in [0, 0.05) is 0 Å². The Kier molecular flexibility index (Phi) is 11.7. The molecule has 294 valence electrons. The van der Waals surface area contributed by atoms with Crippen LogP contribution in [0.5, 0.6) is 23.0 Å². The Hall–Kier alpha value is -5.06. The van der Waals surface area contributed by atoms with Crippen LogP contribution in [0.15, 0.2) is 97.1 Å². The summed E-state index contributed by atoms with van der Waals surface area (Å²) >= 11 is 0. The number of hydrogen-bond acceptors (Lipinski definition) is 8. The Labute approximate surface area is 325 Å². The molecule has 4 aromatic rings. The fourth-order valence-electron chi connectivity index (χ4n) is 7.50. The Morgan fingerprint density at radius 1 is 0.491 bits per heavy atom. The Bertz CT molecular complexity index is 1690. The number of rotatable bonds is 14. The van der Waals surface area contributed by atoms with Crippen LogP contribution in [0.4, 0.5) is 0 Å². The summed E-state index contributed by atoms with van der Waals surface area (Å²) in [6, 6.07) is 26.5. The highest BCUT2D eigenvalue weighted by molar-refractivity contribution is 6.08. The van der Waals surface area contributed by atoms with Crippen molar-refractivity contribution < 1.29 is 38.7 Å². The van der Waals surface area contributed by atoms with E-state index in [1.807, 2.05) is 41.5 Å². The summed E-state index contributed by atoms with van der Waals surface area (Å²) in [6.07, 6.45) is 0.594. The van der Waals surface area contributed by atoms with Gasteiger partial charge >= 0.3 is 0 Å². The largest absolute Gasteiger partial charge is 0.497 e. The van der Waals surface area contributed by atoms with Crippen LogP contribution >= 0.6 is 0 Å². The van der Waals surface area contributed by atoms with Gasteiger partial charge in [-0.15, -0.1) is 0 Å². The quantitative estimate of drug-likeness (QED) is 0.104. The summed E-state index contributed by atoms with van der Waals surface area (Å²) in [5, 5.41) is 32.3. The summed E-state index contributed by atoms with van der Waals surface area (Å²) in [6.45, 7) is 11.6. The van der Waals surface area contributed by atoms with Crippen molar-refractivity contribution in [1.82, 2.24) is 10.6 Å². The first-order chi connectivity index (χ1) is 25.9. The number of methoxy groups -OCH3 is 4. The predicted molar refractivity (Wildman–Crippen MR) is 212 cm³/mol. The average Bonchev–Trinajstić information content (AvgIpc) is 4.00. The summed E-state index contributed by atoms with van der Waals surface area (Å²) < 4.78 is 21.6. The normalized spacial score (nSPS) is 15.3. The van der Waals surface area contributed by atoms with E-state index in [0.29, 0.717) is 58.1 Å². The Balaban J connectivity index is 1.55. The molecule has 1 aliphatic rings. The van der Waals surface area contributed by atoms with E-state index in [-0.39, 0.29) is 0 Å². The highest BCUT2D eigenvalue weighted by Crippen LogP contribution is 2.50. The molecule has 55 heavy (non-hydrogen) atoms. The molecule has 4 N–H and O–H groups in total. The van der Waals surface area contributed by atoms with Gasteiger partial charge in [0.15, 0.2) is 0 Å². The lowest BCUT2D eigenvalue weighted by molar-refractivity contribution is -0.142. The van der Waals surface area contributed by atoms with Crippen LogP contribution in [0, 0.1) is 16.2 Å². The van der Waals surface area contributed by atoms with Crippen molar-refractivity contribution >= 4 is 11.8 Å². The predicted octanol–water partition coefficient (Wildman–Crippen LogP) is 6.74. The second-order valence-corrected chi connectivity index (χ2v) is 16.6. The molecule has 0 bridgehead atoms. The number of ether oxygens (including phenoxy) is 4. The maximum absolute atomic E-state index is 14.7. The van der Waals surface area contributed by atoms with Crippen LogP contribution in [0.3, 0.4) is 0 Å². The van der Waals surface area contributed by atoms with Gasteiger partial charge in [0.1, 0.15) is 39.6 Å². The third kappa shape index (κ3) is 8.02. The lowest BCUT2D eigenvalue weighted by Gasteiger charge is -2.46. The molecule has 10 heteroatoms. The van der Waals surface area contributed by atoms with Gasteiger partial charge in [-0.1, -0.05) is 90.1 Å². The number of benzene rings is 4. The van der Waals surface area contributed by atoms with Gasteiger partial charge in [0.25, 0.3) is 0 Å². The van der Waals surface area contributed by atoms with Crippen LogP contribution < -0.4 is 29.6 Å². The SMILES string of the molecule is COc1ccc(C(O)(c2ccc(OC)cc2)[C@H](NC(=O)C2(C(=O)N[C@H](C(C)(C)C)C(O)(c3ccc(OC)cc3)c3ccc(OC)cc3)CC2)C(C)(C)C)cc1. The molecule has 0 aromatic heterocycles. The number of carbonyl (C=O) groups is 2. The molecule has 1 fully saturated rings. The van der Waals surface area contributed by atoms with Crippen LogP contribution in [0.1, 0.15) is 76.6 Å². The van der Waals surface area contributed by atoms with E-state index in [4.69, 9.17) is 18.9 Å². The molecule has 2 atom stereocenters. The van der Waals surface area contributed by atoms with E-state index in [1.165, 1.54) is 0 Å². The van der Waals surface area contributed by atoms with Crippen molar-refractivity contribution in [3.8, 4) is 23.0 Å². The highest BCUT2D eigenvalue weighted by atomic mass is 16.5. The molecule has 0 spiro atoms. The van der Waals surface area contributed by atoms with Crippen LogP contribution in [-0.2, 0) is 20.8 Å². The lowest BCUT2D eigenvalue weighted by atomic mass is 9.69. The van der Waals surface area contributed by atoms with E-state index >= 15 is 0 Å². The molecule has 0 unspecified atom stereocenters. The third-order valence-corrected chi connectivity index (χ3v) is 10.9. The van der Waals surface area contributed by atoms with Crippen molar-refractivity contribution in [3.05, 3.63) is 119 Å². The standard InChI is InChI=1S/C45H56N2O8/c1-41(2,3)37(44(50,29-11-19-33(52-7)20-12-29)30-13-21-34(53-8)22-14-30)46-39(48)43(27-28-43)40(49)47-38(42(4,5)6)45(51,31-15-23-35(54-9)24-16-31)32-17-25-36(55-10)26-18-32/h11-26,37-38,50-51H,27-28H2,1-10H3,(H,46,48)(H,47,49)/t37-,38-/m1/s1. The minimum atomic E-state index is -1.74. The molecular formula is C45H56N2O8. The van der Waals surface area contributed by atoms with Gasteiger partial charge in [-0.2, -0.15) is 0 Å². The van der Waals surface area contributed by atoms with Crippen LogP contribution in [-0.4, -0.2) is 62.6 Å². The van der Waals surface area contributed by atoms with Crippen molar-refractivity contribution in [1.29, 1.82) is 0 Å². The second-order valence-electron chi connectivity index (χ2n) is 16.6. The fraction of sp³-hybridized carbons (Fsp3) is 0.422. The highest BCUT2D eigenvalue weighted by Gasteiger charge is 2.60. The van der Waals surface area contributed by atoms with Gasteiger partial charge in [-0.05, 0) is 94.5 Å². The number of amides is 2. The summed E-state index contributed by atoms with van der Waals surface area (Å²) in [5.74, 6) is 1.45. The number of nitrogens with one attached hydrogen (secondary N) is 2. The summed E-state index contributed by atoms with van der Waals surface area (Å²) in [5.41, 5.74) is -4.22. The first-order valence-corrected chi connectivity index (χ1v) is 18.5. The van der Waals surface area contributed by atoms with Gasteiger partial charge in [0.05, 0.1) is 40.5 Å². The zero-order valence-electron chi connectivity index (χ0n) is 33.7. The zero-order valence-corrected chi connectivity index (χ0v) is 33.7. The molecule has 10 nitrogen and oxygen atoms in total. The topological polar surface area (TPSA) is 136 Å². The van der Waals surface area contributed by atoms with Crippen molar-refractivity contribution in [2.75, 3.05) is 28.4 Å². The molecule has 5 rings (SSSR count). The van der Waals surface area contributed by atoms with Crippen LogP contribution in [0.25, 0.3) is 0 Å². The minimum Gasteiger partial charge on any atom is -0.497 e. The molecule has 0 aliphatic heterocycles. The van der Waals surface area contributed by atoms with E-state index in [9.17, 15) is 19.8 Å². The Morgan fingerprint density at radius 3 is 0.873 bits per heavy atom. The number of hydrogen-bond donors (Lipinski definition) is 4. The van der Waals surface area contributed by atoms with Gasteiger partial charge in [-0.25, -0.2) is 0 Å². The zero-order chi connectivity index (χ0) is 40.4. The van der Waals surface area contributed by atoms with E-state index in [2.05, 4.69) is 10.6 Å².